The average molecular weight is 456 g/mol. The number of amides is 3. The van der Waals surface area contributed by atoms with E-state index in [0.717, 1.165) is 12.8 Å². The molecule has 0 atom stereocenters. The van der Waals surface area contributed by atoms with E-state index in [1.165, 1.54) is 32.6 Å². The van der Waals surface area contributed by atoms with E-state index in [-0.39, 0.29) is 40.6 Å². The van der Waals surface area contributed by atoms with Crippen LogP contribution in [0.25, 0.3) is 0 Å². The van der Waals surface area contributed by atoms with Gasteiger partial charge in [0, 0.05) is 25.2 Å². The molecule has 1 aliphatic rings. The Balaban J connectivity index is 2.01. The van der Waals surface area contributed by atoms with Gasteiger partial charge in [-0.05, 0) is 38.0 Å². The first-order chi connectivity index (χ1) is 15.8. The quantitative estimate of drug-likeness (QED) is 0.555. The van der Waals surface area contributed by atoms with Gasteiger partial charge < -0.3 is 10.6 Å². The van der Waals surface area contributed by atoms with E-state index in [1.807, 2.05) is 13.8 Å². The molecule has 3 rings (SSSR count). The molecule has 0 radical (unpaired) electrons. The fraction of sp³-hybridized carbons (Fsp3) is 0.435. The summed E-state index contributed by atoms with van der Waals surface area (Å²) in [5.74, 6) is -1.47. The van der Waals surface area contributed by atoms with E-state index in [9.17, 15) is 24.0 Å². The van der Waals surface area contributed by atoms with Gasteiger partial charge in [-0.25, -0.2) is 4.79 Å². The van der Waals surface area contributed by atoms with Gasteiger partial charge >= 0.3 is 5.69 Å². The Morgan fingerprint density at radius 2 is 1.61 bits per heavy atom. The molecule has 2 aromatic rings. The Labute approximate surface area is 191 Å². The van der Waals surface area contributed by atoms with Crippen molar-refractivity contribution in [3.63, 3.8) is 0 Å². The second kappa shape index (κ2) is 9.85. The minimum atomic E-state index is -0.765. The molecule has 1 aromatic heterocycles. The Kier molecular flexibility index (Phi) is 7.15. The maximum Gasteiger partial charge on any atom is 0.330 e. The summed E-state index contributed by atoms with van der Waals surface area (Å²) in [4.78, 5) is 68.1. The number of H-pyrrole nitrogens is 1. The number of fused-ring (bicyclic) bond motifs is 1. The molecule has 1 aliphatic heterocycles. The highest BCUT2D eigenvalue weighted by Crippen LogP contribution is 2.26. The molecule has 0 saturated carbocycles. The van der Waals surface area contributed by atoms with Crippen molar-refractivity contribution in [1.29, 1.82) is 0 Å². The Morgan fingerprint density at radius 1 is 0.970 bits per heavy atom. The van der Waals surface area contributed by atoms with Crippen molar-refractivity contribution < 1.29 is 14.4 Å². The maximum absolute atomic E-state index is 13.4. The second-order valence-electron chi connectivity index (χ2n) is 7.92. The summed E-state index contributed by atoms with van der Waals surface area (Å²) >= 11 is 0. The van der Waals surface area contributed by atoms with Crippen molar-refractivity contribution >= 4 is 29.2 Å². The molecule has 0 bridgehead atoms. The van der Waals surface area contributed by atoms with Crippen LogP contribution < -0.4 is 21.9 Å². The number of nitrogens with two attached hydrogens (primary N) is 1. The number of rotatable bonds is 9. The monoisotopic (exact) mass is 455 g/mol. The molecule has 1 aromatic carbocycles. The molecule has 0 spiro atoms. The number of aromatic amines is 1. The number of imide groups is 1. The molecule has 0 unspecified atom stereocenters. The van der Waals surface area contributed by atoms with Crippen molar-refractivity contribution in [2.75, 3.05) is 23.7 Å². The number of unbranched alkanes of at least 4 members (excludes halogenated alkanes) is 2. The van der Waals surface area contributed by atoms with Crippen molar-refractivity contribution in [2.24, 2.45) is 0 Å². The van der Waals surface area contributed by atoms with Crippen LogP contribution in [0, 0.1) is 0 Å². The van der Waals surface area contributed by atoms with E-state index in [1.54, 1.807) is 6.92 Å². The van der Waals surface area contributed by atoms with Crippen LogP contribution in [-0.2, 0) is 6.54 Å². The summed E-state index contributed by atoms with van der Waals surface area (Å²) in [6.07, 6.45) is 3.01. The van der Waals surface area contributed by atoms with Gasteiger partial charge in [-0.1, -0.05) is 26.7 Å². The van der Waals surface area contributed by atoms with Gasteiger partial charge in [0.15, 0.2) is 5.69 Å². The fourth-order valence-corrected chi connectivity index (χ4v) is 3.88. The number of nitrogen functional groups attached to an aromatic ring is 1. The third kappa shape index (κ3) is 4.33. The van der Waals surface area contributed by atoms with E-state index >= 15 is 0 Å². The molecule has 10 heteroatoms. The zero-order chi connectivity index (χ0) is 24.3. The third-order valence-corrected chi connectivity index (χ3v) is 5.73. The van der Waals surface area contributed by atoms with E-state index < -0.39 is 23.1 Å². The number of carbonyl (C=O) groups is 3. The van der Waals surface area contributed by atoms with E-state index in [4.69, 9.17) is 5.73 Å². The van der Waals surface area contributed by atoms with Crippen LogP contribution in [0.3, 0.4) is 0 Å². The molecule has 3 amide bonds. The highest BCUT2D eigenvalue weighted by molar-refractivity contribution is 6.22. The first kappa shape index (κ1) is 24.0. The van der Waals surface area contributed by atoms with Crippen molar-refractivity contribution in [3.8, 4) is 0 Å². The van der Waals surface area contributed by atoms with Crippen molar-refractivity contribution in [3.05, 3.63) is 55.7 Å². The number of hydrogen-bond donors (Lipinski definition) is 2. The first-order valence-electron chi connectivity index (χ1n) is 11.2. The van der Waals surface area contributed by atoms with Gasteiger partial charge in [-0.3, -0.25) is 33.6 Å². The first-order valence-corrected chi connectivity index (χ1v) is 11.2. The highest BCUT2D eigenvalue weighted by Gasteiger charge is 2.36. The number of nitrogens with one attached hydrogen (secondary N) is 1. The van der Waals surface area contributed by atoms with Crippen LogP contribution in [0.4, 0.5) is 11.5 Å². The third-order valence-electron chi connectivity index (χ3n) is 5.73. The van der Waals surface area contributed by atoms with E-state index in [0.29, 0.717) is 25.9 Å². The Bertz CT molecular complexity index is 1210. The number of carbonyl (C=O) groups excluding carboxylic acids is 3. The zero-order valence-corrected chi connectivity index (χ0v) is 19.1. The summed E-state index contributed by atoms with van der Waals surface area (Å²) in [5, 5.41) is 0. The summed E-state index contributed by atoms with van der Waals surface area (Å²) in [7, 11) is 0. The van der Waals surface area contributed by atoms with Crippen molar-refractivity contribution in [1.82, 2.24) is 14.5 Å². The van der Waals surface area contributed by atoms with Gasteiger partial charge in [0.1, 0.15) is 5.82 Å². The zero-order valence-electron chi connectivity index (χ0n) is 19.1. The predicted octanol–water partition coefficient (Wildman–Crippen LogP) is 1.98. The lowest BCUT2D eigenvalue weighted by Crippen LogP contribution is -2.41. The van der Waals surface area contributed by atoms with Crippen LogP contribution >= 0.6 is 0 Å². The molecular formula is C23H29N5O5. The summed E-state index contributed by atoms with van der Waals surface area (Å²) in [5.41, 5.74) is 5.19. The van der Waals surface area contributed by atoms with Gasteiger partial charge in [-0.2, -0.15) is 0 Å². The minimum absolute atomic E-state index is 0.0921. The number of anilines is 2. The lowest BCUT2D eigenvalue weighted by atomic mass is 10.0. The van der Waals surface area contributed by atoms with E-state index in [2.05, 4.69) is 4.98 Å². The summed E-state index contributed by atoms with van der Waals surface area (Å²) in [6, 6.07) is 4.29. The molecule has 10 nitrogen and oxygen atoms in total. The molecular weight excluding hydrogens is 426 g/mol. The predicted molar refractivity (Wildman–Crippen MR) is 125 cm³/mol. The SMILES string of the molecule is CCCCN1C(=O)c2ccc(C(=O)N(CC)c3c(N)n(CCCC)c(=O)[nH]c3=O)cc2C1=O. The normalized spacial score (nSPS) is 12.9. The standard InChI is InChI=1S/C23H29N5O5/c1-4-7-11-27-18(24)17(19(29)25-23(27)33)26(6-3)20(30)14-9-10-15-16(13-14)22(32)28(21(15)31)12-8-5-2/h9-10,13H,4-8,11-12,24H2,1-3H3,(H,25,29,33). The van der Waals surface area contributed by atoms with Gasteiger partial charge in [-0.15, -0.1) is 0 Å². The summed E-state index contributed by atoms with van der Waals surface area (Å²) in [6.45, 7) is 6.32. The smallest absolute Gasteiger partial charge is 0.330 e. The topological polar surface area (TPSA) is 139 Å². The maximum atomic E-state index is 13.4. The molecule has 0 saturated heterocycles. The largest absolute Gasteiger partial charge is 0.383 e. The molecule has 3 N–H and O–H groups in total. The van der Waals surface area contributed by atoms with Crippen LogP contribution in [0.1, 0.15) is 77.5 Å². The Morgan fingerprint density at radius 3 is 2.24 bits per heavy atom. The lowest BCUT2D eigenvalue weighted by Gasteiger charge is -2.23. The number of benzene rings is 1. The fourth-order valence-electron chi connectivity index (χ4n) is 3.88. The van der Waals surface area contributed by atoms with Crippen molar-refractivity contribution in [2.45, 2.75) is 53.0 Å². The van der Waals surface area contributed by atoms with Gasteiger partial charge in [0.2, 0.25) is 0 Å². The highest BCUT2D eigenvalue weighted by atomic mass is 16.2. The van der Waals surface area contributed by atoms with Crippen LogP contribution in [-0.4, -0.2) is 45.3 Å². The van der Waals surface area contributed by atoms with Crippen LogP contribution in [0.5, 0.6) is 0 Å². The number of hydrogen-bond acceptors (Lipinski definition) is 6. The number of nitrogens with zero attached hydrogens (tertiary/aromatic N) is 3. The Hall–Kier alpha value is -3.69. The number of aromatic nitrogens is 2. The lowest BCUT2D eigenvalue weighted by molar-refractivity contribution is 0.0652. The van der Waals surface area contributed by atoms with Crippen LogP contribution in [0.2, 0.25) is 0 Å². The molecule has 2 heterocycles. The van der Waals surface area contributed by atoms with Gasteiger partial charge in [0.05, 0.1) is 11.1 Å². The molecule has 0 aliphatic carbocycles. The molecule has 33 heavy (non-hydrogen) atoms. The van der Waals surface area contributed by atoms with Crippen LogP contribution in [0.15, 0.2) is 27.8 Å². The molecule has 176 valence electrons. The average Bonchev–Trinajstić information content (AvgIpc) is 3.03. The second-order valence-corrected chi connectivity index (χ2v) is 7.92. The van der Waals surface area contributed by atoms with Gasteiger partial charge in [0.25, 0.3) is 23.3 Å². The summed E-state index contributed by atoms with van der Waals surface area (Å²) < 4.78 is 1.24. The molecule has 0 fully saturated rings. The minimum Gasteiger partial charge on any atom is -0.383 e.